The molecule has 1 aromatic rings. The summed E-state index contributed by atoms with van der Waals surface area (Å²) in [6, 6.07) is 5.90. The van der Waals surface area contributed by atoms with Crippen LogP contribution in [-0.2, 0) is 9.53 Å². The molecule has 1 atom stereocenters. The molecule has 108 valence electrons. The van der Waals surface area contributed by atoms with Crippen molar-refractivity contribution in [3.63, 3.8) is 0 Å². The highest BCUT2D eigenvalue weighted by atomic mass is 79.9. The van der Waals surface area contributed by atoms with Crippen LogP contribution in [0, 0.1) is 5.92 Å². The highest BCUT2D eigenvalue weighted by Crippen LogP contribution is 2.30. The second kappa shape index (κ2) is 6.90. The van der Waals surface area contributed by atoms with Crippen LogP contribution in [0.15, 0.2) is 28.7 Å². The Morgan fingerprint density at radius 3 is 3.10 bits per heavy atom. The first-order valence-corrected chi connectivity index (χ1v) is 7.34. The maximum absolute atomic E-state index is 10.7. The second-order valence-corrected chi connectivity index (χ2v) is 5.85. The first kappa shape index (κ1) is 15.1. The molecule has 1 aliphatic heterocycles. The fourth-order valence-corrected chi connectivity index (χ4v) is 2.86. The molecular weight excluding hydrogens is 322 g/mol. The Morgan fingerprint density at radius 2 is 2.40 bits per heavy atom. The van der Waals surface area contributed by atoms with E-state index in [1.54, 1.807) is 13.2 Å². The van der Waals surface area contributed by atoms with Gasteiger partial charge in [0, 0.05) is 42.4 Å². The molecule has 0 spiro atoms. The van der Waals surface area contributed by atoms with Gasteiger partial charge in [-0.3, -0.25) is 0 Å². The number of carboxylic acids is 1. The lowest BCUT2D eigenvalue weighted by molar-refractivity contribution is -0.131. The van der Waals surface area contributed by atoms with Crippen LogP contribution in [0.3, 0.4) is 0 Å². The average molecular weight is 340 g/mol. The van der Waals surface area contributed by atoms with Crippen LogP contribution in [-0.4, -0.2) is 37.9 Å². The van der Waals surface area contributed by atoms with E-state index >= 15 is 0 Å². The summed E-state index contributed by atoms with van der Waals surface area (Å²) in [5.41, 5.74) is 1.99. The Morgan fingerprint density at radius 1 is 1.60 bits per heavy atom. The number of nitrogens with zero attached hydrogens (tertiary/aromatic N) is 1. The molecule has 2 rings (SSSR count). The van der Waals surface area contributed by atoms with E-state index in [4.69, 9.17) is 9.84 Å². The van der Waals surface area contributed by atoms with E-state index in [1.807, 2.05) is 18.2 Å². The molecule has 1 aromatic carbocycles. The number of aliphatic carboxylic acids is 1. The summed E-state index contributed by atoms with van der Waals surface area (Å²) in [6.07, 6.45) is 3.92. The third-order valence-corrected chi connectivity index (χ3v) is 3.92. The van der Waals surface area contributed by atoms with Crippen molar-refractivity contribution in [3.05, 3.63) is 34.3 Å². The Labute approximate surface area is 127 Å². The molecule has 1 saturated heterocycles. The monoisotopic (exact) mass is 339 g/mol. The van der Waals surface area contributed by atoms with Gasteiger partial charge >= 0.3 is 5.97 Å². The highest BCUT2D eigenvalue weighted by Gasteiger charge is 2.23. The predicted molar refractivity (Wildman–Crippen MR) is 83.0 cm³/mol. The lowest BCUT2D eigenvalue weighted by Crippen LogP contribution is -2.21. The summed E-state index contributed by atoms with van der Waals surface area (Å²) in [5, 5.41) is 8.77. The zero-order valence-electron chi connectivity index (χ0n) is 11.4. The molecule has 4 nitrogen and oxygen atoms in total. The summed E-state index contributed by atoms with van der Waals surface area (Å²) in [7, 11) is 1.72. The highest BCUT2D eigenvalue weighted by molar-refractivity contribution is 9.10. The zero-order chi connectivity index (χ0) is 14.5. The smallest absolute Gasteiger partial charge is 0.328 e. The lowest BCUT2D eigenvalue weighted by Gasteiger charge is -2.21. The molecule has 1 aliphatic rings. The Hall–Kier alpha value is -1.33. The van der Waals surface area contributed by atoms with E-state index < -0.39 is 5.97 Å². The lowest BCUT2D eigenvalue weighted by atomic mass is 10.1. The van der Waals surface area contributed by atoms with E-state index in [1.165, 1.54) is 6.08 Å². The molecule has 1 fully saturated rings. The van der Waals surface area contributed by atoms with Crippen LogP contribution in [0.2, 0.25) is 0 Å². The van der Waals surface area contributed by atoms with Gasteiger partial charge in [0.1, 0.15) is 0 Å². The minimum Gasteiger partial charge on any atom is -0.478 e. The molecule has 5 heteroatoms. The SMILES string of the molecule is COCC1CCN(c2cc(Br)ccc2C=CC(=O)O)C1. The van der Waals surface area contributed by atoms with Crippen LogP contribution in [0.25, 0.3) is 6.08 Å². The van der Waals surface area contributed by atoms with Gasteiger partial charge in [0.25, 0.3) is 0 Å². The van der Waals surface area contributed by atoms with Crippen molar-refractivity contribution < 1.29 is 14.6 Å². The van der Waals surface area contributed by atoms with Gasteiger partial charge in [-0.15, -0.1) is 0 Å². The maximum Gasteiger partial charge on any atom is 0.328 e. The fraction of sp³-hybridized carbons (Fsp3) is 0.400. The molecular formula is C15H18BrNO3. The molecule has 20 heavy (non-hydrogen) atoms. The molecule has 0 bridgehead atoms. The van der Waals surface area contributed by atoms with Gasteiger partial charge in [0.05, 0.1) is 6.61 Å². The number of hydrogen-bond donors (Lipinski definition) is 1. The number of benzene rings is 1. The van der Waals surface area contributed by atoms with Crippen LogP contribution < -0.4 is 4.90 Å². The number of methoxy groups -OCH3 is 1. The predicted octanol–water partition coefficient (Wildman–Crippen LogP) is 3.02. The fourth-order valence-electron chi connectivity index (χ4n) is 2.52. The minimum absolute atomic E-state index is 0.537. The number of anilines is 1. The van der Waals surface area contributed by atoms with Crippen LogP contribution in [0.5, 0.6) is 0 Å². The number of halogens is 1. The average Bonchev–Trinajstić information content (AvgIpc) is 2.86. The third-order valence-electron chi connectivity index (χ3n) is 3.43. The zero-order valence-corrected chi connectivity index (χ0v) is 13.0. The van der Waals surface area contributed by atoms with Crippen molar-refractivity contribution in [1.29, 1.82) is 0 Å². The van der Waals surface area contributed by atoms with E-state index in [9.17, 15) is 4.79 Å². The maximum atomic E-state index is 10.7. The number of carbonyl (C=O) groups is 1. The second-order valence-electron chi connectivity index (χ2n) is 4.93. The van der Waals surface area contributed by atoms with Crippen LogP contribution >= 0.6 is 15.9 Å². The van der Waals surface area contributed by atoms with E-state index in [0.717, 1.165) is 41.8 Å². The molecule has 1 N–H and O–H groups in total. The van der Waals surface area contributed by atoms with Crippen molar-refractivity contribution in [1.82, 2.24) is 0 Å². The van der Waals surface area contributed by atoms with Crippen molar-refractivity contribution >= 4 is 33.7 Å². The van der Waals surface area contributed by atoms with Crippen molar-refractivity contribution in [2.24, 2.45) is 5.92 Å². The topological polar surface area (TPSA) is 49.8 Å². The molecule has 0 aliphatic carbocycles. The number of rotatable bonds is 5. The van der Waals surface area contributed by atoms with Crippen molar-refractivity contribution in [2.45, 2.75) is 6.42 Å². The van der Waals surface area contributed by atoms with Gasteiger partial charge < -0.3 is 14.7 Å². The van der Waals surface area contributed by atoms with Gasteiger partial charge in [0.15, 0.2) is 0 Å². The molecule has 0 amide bonds. The first-order valence-electron chi connectivity index (χ1n) is 6.54. The van der Waals surface area contributed by atoms with Crippen molar-refractivity contribution in [2.75, 3.05) is 31.7 Å². The number of hydrogen-bond acceptors (Lipinski definition) is 3. The third kappa shape index (κ3) is 3.84. The number of carboxylic acid groups (broad SMARTS) is 1. The summed E-state index contributed by atoms with van der Waals surface area (Å²) < 4.78 is 6.21. The largest absolute Gasteiger partial charge is 0.478 e. The van der Waals surface area contributed by atoms with Gasteiger partial charge in [-0.1, -0.05) is 22.0 Å². The van der Waals surface area contributed by atoms with Crippen LogP contribution in [0.4, 0.5) is 5.69 Å². The molecule has 0 saturated carbocycles. The van der Waals surface area contributed by atoms with Gasteiger partial charge in [-0.25, -0.2) is 4.79 Å². The Bertz CT molecular complexity index is 516. The van der Waals surface area contributed by atoms with Crippen LogP contribution in [0.1, 0.15) is 12.0 Å². The van der Waals surface area contributed by atoms with Gasteiger partial charge in [0.2, 0.25) is 0 Å². The first-order chi connectivity index (χ1) is 9.60. The van der Waals surface area contributed by atoms with E-state index in [0.29, 0.717) is 5.92 Å². The normalized spacial score (nSPS) is 18.9. The number of ether oxygens (including phenoxy) is 1. The standard InChI is InChI=1S/C15H18BrNO3/c1-20-10-11-6-7-17(9-11)14-8-13(16)4-2-12(14)3-5-15(18)19/h2-5,8,11H,6-7,9-10H2,1H3,(H,18,19). The van der Waals surface area contributed by atoms with Gasteiger partial charge in [-0.2, -0.15) is 0 Å². The summed E-state index contributed by atoms with van der Waals surface area (Å²) in [6.45, 7) is 2.68. The summed E-state index contributed by atoms with van der Waals surface area (Å²) in [5.74, 6) is -0.396. The molecule has 1 heterocycles. The minimum atomic E-state index is -0.933. The quantitative estimate of drug-likeness (QED) is 0.837. The molecule has 0 aromatic heterocycles. The summed E-state index contributed by atoms with van der Waals surface area (Å²) in [4.78, 5) is 13.0. The van der Waals surface area contributed by atoms with Crippen molar-refractivity contribution in [3.8, 4) is 0 Å². The van der Waals surface area contributed by atoms with E-state index in [2.05, 4.69) is 20.8 Å². The Kier molecular flexibility index (Phi) is 5.20. The molecule has 1 unspecified atom stereocenters. The van der Waals surface area contributed by atoms with E-state index in [-0.39, 0.29) is 0 Å². The Balaban J connectivity index is 2.21. The van der Waals surface area contributed by atoms with Gasteiger partial charge in [-0.05, 0) is 30.2 Å². The molecule has 0 radical (unpaired) electrons. The summed E-state index contributed by atoms with van der Waals surface area (Å²) >= 11 is 3.48.